The van der Waals surface area contributed by atoms with Crippen molar-refractivity contribution in [3.8, 4) is 0 Å². The molecule has 3 rings (SSSR count). The molecule has 1 N–H and O–H groups in total. The van der Waals surface area contributed by atoms with Gasteiger partial charge in [-0.25, -0.2) is 9.69 Å². The van der Waals surface area contributed by atoms with E-state index in [1.54, 1.807) is 19.1 Å². The Morgan fingerprint density at radius 1 is 1.26 bits per heavy atom. The van der Waals surface area contributed by atoms with Gasteiger partial charge < -0.3 is 19.3 Å². The predicted molar refractivity (Wildman–Crippen MR) is 111 cm³/mol. The fraction of sp³-hybridized carbons (Fsp3) is 0.435. The number of carbonyl (C=O) groups excluding carboxylic acids is 3. The summed E-state index contributed by atoms with van der Waals surface area (Å²) >= 11 is 0. The fourth-order valence-corrected chi connectivity index (χ4v) is 3.53. The summed E-state index contributed by atoms with van der Waals surface area (Å²) in [6.45, 7) is 2.30. The number of benzene rings is 1. The first kappa shape index (κ1) is 22.7. The Labute approximate surface area is 181 Å². The van der Waals surface area contributed by atoms with Crippen LogP contribution in [0.4, 0.5) is 4.79 Å². The van der Waals surface area contributed by atoms with Crippen LogP contribution in [0.2, 0.25) is 0 Å². The number of ketones is 1. The maximum Gasteiger partial charge on any atom is 0.416 e. The van der Waals surface area contributed by atoms with Gasteiger partial charge in [0.05, 0.1) is 31.8 Å². The Bertz CT molecular complexity index is 849. The first-order valence-electron chi connectivity index (χ1n) is 10.3. The van der Waals surface area contributed by atoms with Crippen LogP contribution >= 0.6 is 0 Å². The number of ether oxygens (including phenoxy) is 3. The van der Waals surface area contributed by atoms with E-state index in [-0.39, 0.29) is 25.6 Å². The second-order valence-electron chi connectivity index (χ2n) is 7.42. The molecule has 1 aromatic rings. The molecule has 0 spiro atoms. The van der Waals surface area contributed by atoms with Crippen molar-refractivity contribution >= 4 is 17.8 Å². The molecule has 2 heterocycles. The second-order valence-corrected chi connectivity index (χ2v) is 7.42. The largest absolute Gasteiger partial charge is 0.482 e. The van der Waals surface area contributed by atoms with Gasteiger partial charge in [-0.1, -0.05) is 30.3 Å². The fourth-order valence-electron chi connectivity index (χ4n) is 3.53. The lowest BCUT2D eigenvalue weighted by Gasteiger charge is -2.29. The highest BCUT2D eigenvalue weighted by Crippen LogP contribution is 2.25. The van der Waals surface area contributed by atoms with E-state index in [9.17, 15) is 14.4 Å². The quantitative estimate of drug-likeness (QED) is 0.599. The van der Waals surface area contributed by atoms with Crippen LogP contribution in [0.3, 0.4) is 0 Å². The third-order valence-corrected chi connectivity index (χ3v) is 5.15. The van der Waals surface area contributed by atoms with Crippen LogP contribution in [0.1, 0.15) is 18.9 Å². The first-order chi connectivity index (χ1) is 15.0. The molecule has 0 unspecified atom stereocenters. The Hall–Kier alpha value is -2.97. The first-order valence-corrected chi connectivity index (χ1v) is 10.3. The molecule has 0 radical (unpaired) electrons. The van der Waals surface area contributed by atoms with Gasteiger partial charge in [-0.3, -0.25) is 9.59 Å². The molecular formula is C23H27NO7. The van der Waals surface area contributed by atoms with E-state index in [0.717, 1.165) is 10.5 Å². The topological polar surface area (TPSA) is 102 Å². The van der Waals surface area contributed by atoms with Crippen molar-refractivity contribution in [2.75, 3.05) is 26.4 Å². The van der Waals surface area contributed by atoms with Crippen LogP contribution in [-0.2, 0) is 30.2 Å². The van der Waals surface area contributed by atoms with Crippen molar-refractivity contribution in [2.45, 2.75) is 31.9 Å². The van der Waals surface area contributed by atoms with E-state index in [1.807, 2.05) is 30.3 Å². The number of imide groups is 1. The molecule has 31 heavy (non-hydrogen) atoms. The molecule has 0 aromatic heterocycles. The summed E-state index contributed by atoms with van der Waals surface area (Å²) in [7, 11) is 0. The lowest BCUT2D eigenvalue weighted by molar-refractivity contribution is -0.142. The number of rotatable bonds is 9. The van der Waals surface area contributed by atoms with Crippen molar-refractivity contribution in [3.05, 3.63) is 59.9 Å². The lowest BCUT2D eigenvalue weighted by atomic mass is 9.96. The molecular weight excluding hydrogens is 402 g/mol. The zero-order valence-corrected chi connectivity index (χ0v) is 17.4. The highest BCUT2D eigenvalue weighted by molar-refractivity contribution is 6.01. The summed E-state index contributed by atoms with van der Waals surface area (Å²) in [6.07, 6.45) is 3.96. The minimum absolute atomic E-state index is 0.0482. The highest BCUT2D eigenvalue weighted by Gasteiger charge is 2.43. The van der Waals surface area contributed by atoms with Gasteiger partial charge in [0.2, 0.25) is 5.91 Å². The summed E-state index contributed by atoms with van der Waals surface area (Å²) in [5.74, 6) is -1.23. The van der Waals surface area contributed by atoms with Crippen molar-refractivity contribution in [1.29, 1.82) is 0 Å². The van der Waals surface area contributed by atoms with E-state index in [4.69, 9.17) is 19.3 Å². The molecule has 166 valence electrons. The zero-order valence-electron chi connectivity index (χ0n) is 17.4. The van der Waals surface area contributed by atoms with Gasteiger partial charge in [0, 0.05) is 0 Å². The van der Waals surface area contributed by atoms with E-state index in [2.05, 4.69) is 0 Å². The number of nitrogens with zero attached hydrogens (tertiary/aromatic N) is 1. The maximum atomic E-state index is 13.1. The maximum absolute atomic E-state index is 13.1. The molecule has 0 saturated carbocycles. The number of amides is 2. The smallest absolute Gasteiger partial charge is 0.416 e. The Morgan fingerprint density at radius 3 is 2.77 bits per heavy atom. The molecule has 1 aromatic carbocycles. The van der Waals surface area contributed by atoms with Gasteiger partial charge in [0.15, 0.2) is 11.9 Å². The van der Waals surface area contributed by atoms with Gasteiger partial charge >= 0.3 is 6.09 Å². The average molecular weight is 429 g/mol. The van der Waals surface area contributed by atoms with E-state index in [0.29, 0.717) is 25.2 Å². The van der Waals surface area contributed by atoms with Crippen LogP contribution in [0.25, 0.3) is 0 Å². The third-order valence-electron chi connectivity index (χ3n) is 5.15. The normalized spacial score (nSPS) is 23.0. The Kier molecular flexibility index (Phi) is 7.97. The second kappa shape index (κ2) is 10.9. The van der Waals surface area contributed by atoms with Crippen molar-refractivity contribution in [3.63, 3.8) is 0 Å². The predicted octanol–water partition coefficient (Wildman–Crippen LogP) is 2.02. The number of hydrogen-bond acceptors (Lipinski definition) is 7. The average Bonchev–Trinajstić information content (AvgIpc) is 3.14. The minimum atomic E-state index is -1.02. The number of cyclic esters (lactones) is 1. The molecule has 0 aliphatic carbocycles. The highest BCUT2D eigenvalue weighted by atomic mass is 16.6. The summed E-state index contributed by atoms with van der Waals surface area (Å²) in [5, 5.41) is 8.72. The Balaban J connectivity index is 1.65. The van der Waals surface area contributed by atoms with Crippen molar-refractivity contribution in [2.24, 2.45) is 5.92 Å². The molecule has 1 saturated heterocycles. The molecule has 2 amide bonds. The number of aliphatic hydroxyl groups is 1. The minimum Gasteiger partial charge on any atom is -0.482 e. The number of hydrogen-bond donors (Lipinski definition) is 1. The number of carbonyl (C=O) groups is 3. The molecule has 8 heteroatoms. The summed E-state index contributed by atoms with van der Waals surface area (Å²) in [4.78, 5) is 38.9. The zero-order chi connectivity index (χ0) is 22.2. The summed E-state index contributed by atoms with van der Waals surface area (Å²) in [6, 6.07) is 9.10. The van der Waals surface area contributed by atoms with E-state index < -0.39 is 30.1 Å². The number of allylic oxidation sites excluding steroid dienone is 1. The molecule has 2 aliphatic heterocycles. The molecule has 3 atom stereocenters. The van der Waals surface area contributed by atoms with Crippen LogP contribution in [-0.4, -0.2) is 66.4 Å². The van der Waals surface area contributed by atoms with Gasteiger partial charge in [-0.15, -0.1) is 0 Å². The third kappa shape index (κ3) is 5.80. The van der Waals surface area contributed by atoms with Crippen molar-refractivity contribution in [1.82, 2.24) is 4.90 Å². The van der Waals surface area contributed by atoms with Gasteiger partial charge in [-0.05, 0) is 43.6 Å². The number of aliphatic hydroxyl groups excluding tert-OH is 1. The van der Waals surface area contributed by atoms with E-state index in [1.165, 1.54) is 6.08 Å². The van der Waals surface area contributed by atoms with Crippen LogP contribution < -0.4 is 0 Å². The molecule has 2 aliphatic rings. The van der Waals surface area contributed by atoms with E-state index >= 15 is 0 Å². The van der Waals surface area contributed by atoms with Crippen LogP contribution in [0, 0.1) is 5.92 Å². The van der Waals surface area contributed by atoms with Gasteiger partial charge in [-0.2, -0.15) is 0 Å². The summed E-state index contributed by atoms with van der Waals surface area (Å²) in [5.41, 5.74) is 0.984. The monoisotopic (exact) mass is 429 g/mol. The lowest BCUT2D eigenvalue weighted by Crippen LogP contribution is -2.48. The van der Waals surface area contributed by atoms with Crippen LogP contribution in [0.15, 0.2) is 54.3 Å². The van der Waals surface area contributed by atoms with Gasteiger partial charge in [0.25, 0.3) is 0 Å². The standard InChI is InChI=1S/C23H27NO7/c1-16(21-20(26)10-9-19(31-21)8-5-12-29-13-11-25)22(27)24-18(15-30-23(24)28)14-17-6-3-2-4-7-17/h2-4,6-10,16,18,21,25H,5,11-15H2,1H3/t16-,18-,21-/m0/s1. The molecule has 0 bridgehead atoms. The van der Waals surface area contributed by atoms with Crippen LogP contribution in [0.5, 0.6) is 0 Å². The van der Waals surface area contributed by atoms with Crippen molar-refractivity contribution < 1.29 is 33.7 Å². The Morgan fingerprint density at radius 2 is 2.03 bits per heavy atom. The summed E-state index contributed by atoms with van der Waals surface area (Å²) < 4.78 is 16.1. The molecule has 8 nitrogen and oxygen atoms in total. The van der Waals surface area contributed by atoms with Gasteiger partial charge in [0.1, 0.15) is 12.4 Å². The SMILES string of the molecule is C[C@H](C(=O)N1C(=O)OC[C@@H]1Cc1ccccc1)[C@@H]1OC(=CCCOCCO)C=CC1=O. The molecule has 1 fully saturated rings.